The van der Waals surface area contributed by atoms with Crippen LogP contribution in [0.2, 0.25) is 0 Å². The zero-order valence-electron chi connectivity index (χ0n) is 10.0. The number of benzene rings is 1. The van der Waals surface area contributed by atoms with Gasteiger partial charge in [0.05, 0.1) is 0 Å². The van der Waals surface area contributed by atoms with Crippen LogP contribution in [0.15, 0.2) is 30.3 Å². The van der Waals surface area contributed by atoms with Crippen molar-refractivity contribution in [1.29, 1.82) is 0 Å². The van der Waals surface area contributed by atoms with E-state index in [0.29, 0.717) is 11.8 Å². The molecule has 86 valence electrons. The molecule has 1 fully saturated rings. The Morgan fingerprint density at radius 2 is 2.06 bits per heavy atom. The van der Waals surface area contributed by atoms with Gasteiger partial charge < -0.3 is 0 Å². The summed E-state index contributed by atoms with van der Waals surface area (Å²) in [5.41, 5.74) is 1.34. The number of hydrogen-bond acceptors (Lipinski definition) is 2. The van der Waals surface area contributed by atoms with Gasteiger partial charge in [-0.05, 0) is 32.4 Å². The smallest absolute Gasteiger partial charge is 0.134 e. The number of Topliss-reactive ketones (excluding diaryl/α,β-unsaturated/α-hetero) is 1. The van der Waals surface area contributed by atoms with Crippen LogP contribution in [0.5, 0.6) is 0 Å². The maximum absolute atomic E-state index is 11.3. The molecule has 1 saturated heterocycles. The lowest BCUT2D eigenvalue weighted by atomic mass is 10.0. The first kappa shape index (κ1) is 11.3. The van der Waals surface area contributed by atoms with Crippen molar-refractivity contribution in [2.45, 2.75) is 26.3 Å². The van der Waals surface area contributed by atoms with E-state index in [-0.39, 0.29) is 5.92 Å². The van der Waals surface area contributed by atoms with E-state index >= 15 is 0 Å². The fraction of sp³-hybridized carbons (Fsp3) is 0.500. The minimum atomic E-state index is 0.256. The third-order valence-electron chi connectivity index (χ3n) is 3.62. The predicted molar refractivity (Wildman–Crippen MR) is 65.2 cm³/mol. The number of rotatable bonds is 3. The summed E-state index contributed by atoms with van der Waals surface area (Å²) in [5, 5.41) is 0. The van der Waals surface area contributed by atoms with Crippen molar-refractivity contribution in [3.63, 3.8) is 0 Å². The molecule has 2 heteroatoms. The molecule has 1 aliphatic heterocycles. The van der Waals surface area contributed by atoms with Crippen molar-refractivity contribution >= 4 is 5.78 Å². The van der Waals surface area contributed by atoms with E-state index in [1.807, 2.05) is 6.07 Å². The van der Waals surface area contributed by atoms with Gasteiger partial charge in [-0.25, -0.2) is 0 Å². The molecule has 0 saturated carbocycles. The molecule has 1 aromatic carbocycles. The lowest BCUT2D eigenvalue weighted by molar-refractivity contribution is -0.120. The van der Waals surface area contributed by atoms with Crippen LogP contribution in [0, 0.1) is 5.92 Å². The summed E-state index contributed by atoms with van der Waals surface area (Å²) in [7, 11) is 0. The highest BCUT2D eigenvalue weighted by Crippen LogP contribution is 2.27. The summed E-state index contributed by atoms with van der Waals surface area (Å²) < 4.78 is 0. The first-order chi connectivity index (χ1) is 7.68. The molecule has 2 atom stereocenters. The molecule has 0 aliphatic carbocycles. The molecule has 2 rings (SSSR count). The van der Waals surface area contributed by atoms with E-state index in [2.05, 4.69) is 36.1 Å². The van der Waals surface area contributed by atoms with E-state index in [1.165, 1.54) is 5.56 Å². The largest absolute Gasteiger partial charge is 0.300 e. The summed E-state index contributed by atoms with van der Waals surface area (Å²) in [6.45, 7) is 5.89. The number of hydrogen-bond donors (Lipinski definition) is 0. The molecule has 0 amide bonds. The summed E-state index contributed by atoms with van der Waals surface area (Å²) >= 11 is 0. The van der Waals surface area contributed by atoms with Gasteiger partial charge in [0.25, 0.3) is 0 Å². The van der Waals surface area contributed by atoms with Crippen molar-refractivity contribution in [1.82, 2.24) is 4.90 Å². The van der Waals surface area contributed by atoms with Crippen LogP contribution in [0.4, 0.5) is 0 Å². The Morgan fingerprint density at radius 3 is 2.62 bits per heavy atom. The molecule has 2 nitrogen and oxygen atoms in total. The second kappa shape index (κ2) is 4.79. The summed E-state index contributed by atoms with van der Waals surface area (Å²) in [6.07, 6.45) is 1.02. The Bertz CT molecular complexity index is 360. The maximum Gasteiger partial charge on any atom is 0.134 e. The van der Waals surface area contributed by atoms with Crippen molar-refractivity contribution < 1.29 is 4.79 Å². The molecule has 0 N–H and O–H groups in total. The van der Waals surface area contributed by atoms with Crippen molar-refractivity contribution in [3.8, 4) is 0 Å². The van der Waals surface area contributed by atoms with Gasteiger partial charge in [0.2, 0.25) is 0 Å². The fourth-order valence-corrected chi connectivity index (χ4v) is 2.41. The molecule has 0 aromatic heterocycles. The fourth-order valence-electron chi connectivity index (χ4n) is 2.41. The molecule has 0 bridgehead atoms. The highest BCUT2D eigenvalue weighted by molar-refractivity contribution is 5.78. The number of nitrogens with zero attached hydrogens (tertiary/aromatic N) is 1. The lowest BCUT2D eigenvalue weighted by Gasteiger charge is -2.24. The van der Waals surface area contributed by atoms with Crippen LogP contribution in [0.3, 0.4) is 0 Å². The normalized spacial score (nSPS) is 23.2. The lowest BCUT2D eigenvalue weighted by Crippen LogP contribution is -2.25. The van der Waals surface area contributed by atoms with Crippen LogP contribution in [-0.2, 0) is 4.79 Å². The summed E-state index contributed by atoms with van der Waals surface area (Å²) in [4.78, 5) is 13.7. The maximum atomic E-state index is 11.3. The van der Waals surface area contributed by atoms with Crippen molar-refractivity contribution in [2.24, 2.45) is 5.92 Å². The second-order valence-electron chi connectivity index (χ2n) is 4.68. The highest BCUT2D eigenvalue weighted by Gasteiger charge is 2.28. The van der Waals surface area contributed by atoms with Crippen LogP contribution in [0.25, 0.3) is 0 Å². The molecular formula is C14H19NO. The van der Waals surface area contributed by atoms with Gasteiger partial charge in [-0.2, -0.15) is 0 Å². The van der Waals surface area contributed by atoms with E-state index < -0.39 is 0 Å². The Hall–Kier alpha value is -1.15. The predicted octanol–water partition coefficient (Wildman–Crippen LogP) is 2.66. The molecular weight excluding hydrogens is 198 g/mol. The standard InChI is InChI=1S/C14H19NO/c1-11(13-6-4-3-5-7-13)15-9-8-14(10-15)12(2)16/h3-7,11,14H,8-10H2,1-2H3/t11-,14-/m1/s1. The van der Waals surface area contributed by atoms with E-state index in [1.54, 1.807) is 6.92 Å². The number of ketones is 1. The monoisotopic (exact) mass is 217 g/mol. The second-order valence-corrected chi connectivity index (χ2v) is 4.68. The average Bonchev–Trinajstić information content (AvgIpc) is 2.78. The first-order valence-electron chi connectivity index (χ1n) is 5.98. The Balaban J connectivity index is 2.02. The van der Waals surface area contributed by atoms with Gasteiger partial charge in [-0.1, -0.05) is 30.3 Å². The Morgan fingerprint density at radius 1 is 1.38 bits per heavy atom. The number of likely N-dealkylation sites (tertiary alicyclic amines) is 1. The van der Waals surface area contributed by atoms with Crippen molar-refractivity contribution in [2.75, 3.05) is 13.1 Å². The minimum absolute atomic E-state index is 0.256. The van der Waals surface area contributed by atoms with E-state index in [9.17, 15) is 4.79 Å². The summed E-state index contributed by atoms with van der Waals surface area (Å²) in [6, 6.07) is 10.9. The molecule has 0 radical (unpaired) electrons. The molecule has 0 unspecified atom stereocenters. The van der Waals surface area contributed by atoms with E-state index in [4.69, 9.17) is 0 Å². The average molecular weight is 217 g/mol. The van der Waals surface area contributed by atoms with Crippen LogP contribution >= 0.6 is 0 Å². The SMILES string of the molecule is CC(=O)[C@@H]1CCN([C@H](C)c2ccccc2)C1. The third-order valence-corrected chi connectivity index (χ3v) is 3.62. The van der Waals surface area contributed by atoms with Crippen LogP contribution in [-0.4, -0.2) is 23.8 Å². The number of carbonyl (C=O) groups is 1. The zero-order chi connectivity index (χ0) is 11.5. The van der Waals surface area contributed by atoms with Crippen molar-refractivity contribution in [3.05, 3.63) is 35.9 Å². The van der Waals surface area contributed by atoms with E-state index in [0.717, 1.165) is 19.5 Å². The molecule has 1 aliphatic rings. The van der Waals surface area contributed by atoms with Crippen LogP contribution < -0.4 is 0 Å². The van der Waals surface area contributed by atoms with Gasteiger partial charge in [-0.3, -0.25) is 9.69 Å². The minimum Gasteiger partial charge on any atom is -0.300 e. The zero-order valence-corrected chi connectivity index (χ0v) is 10.0. The number of carbonyl (C=O) groups excluding carboxylic acids is 1. The third kappa shape index (κ3) is 2.33. The van der Waals surface area contributed by atoms with Crippen LogP contribution in [0.1, 0.15) is 31.9 Å². The first-order valence-corrected chi connectivity index (χ1v) is 5.98. The van der Waals surface area contributed by atoms with Gasteiger partial charge in [0.1, 0.15) is 5.78 Å². The van der Waals surface area contributed by atoms with Gasteiger partial charge >= 0.3 is 0 Å². The topological polar surface area (TPSA) is 20.3 Å². The molecule has 0 spiro atoms. The Labute approximate surface area is 97.3 Å². The Kier molecular flexibility index (Phi) is 3.39. The molecule has 16 heavy (non-hydrogen) atoms. The van der Waals surface area contributed by atoms with Gasteiger partial charge in [-0.15, -0.1) is 0 Å². The van der Waals surface area contributed by atoms with Gasteiger partial charge in [0.15, 0.2) is 0 Å². The summed E-state index contributed by atoms with van der Waals surface area (Å²) in [5.74, 6) is 0.592. The highest BCUT2D eigenvalue weighted by atomic mass is 16.1. The molecule has 1 aromatic rings. The quantitative estimate of drug-likeness (QED) is 0.775. The molecule has 1 heterocycles. The van der Waals surface area contributed by atoms with Gasteiger partial charge in [0, 0.05) is 18.5 Å².